The average molecular weight is 326 g/mol. The Morgan fingerprint density at radius 3 is 2.45 bits per heavy atom. The van der Waals surface area contributed by atoms with E-state index in [0.717, 1.165) is 12.1 Å². The predicted molar refractivity (Wildman–Crippen MR) is 64.5 cm³/mol. The number of benzene rings is 1. The zero-order chi connectivity index (χ0) is 15.1. The van der Waals surface area contributed by atoms with E-state index in [1.165, 1.54) is 6.07 Å². The molecule has 0 spiro atoms. The summed E-state index contributed by atoms with van der Waals surface area (Å²) in [5, 5.41) is 8.29. The standard InChI is InChI=1S/C11H4ClF4NO2S/c12-5-3-4(1-2-6(5)13)9-17-8(11(14,15)16)7(20-9)10(18)19/h1-3H,(H,18,19). The SMILES string of the molecule is O=C(O)c1sc(-c2ccc(F)c(Cl)c2)nc1C(F)(F)F. The van der Waals surface area contributed by atoms with E-state index >= 15 is 0 Å². The van der Waals surface area contributed by atoms with Gasteiger partial charge in [0, 0.05) is 5.56 Å². The number of hydrogen-bond acceptors (Lipinski definition) is 3. The van der Waals surface area contributed by atoms with E-state index < -0.39 is 28.5 Å². The van der Waals surface area contributed by atoms with Gasteiger partial charge in [0.1, 0.15) is 15.7 Å². The molecule has 0 aliphatic rings. The maximum atomic E-state index is 13.0. The van der Waals surface area contributed by atoms with E-state index in [1.54, 1.807) is 0 Å². The van der Waals surface area contributed by atoms with Gasteiger partial charge in [-0.3, -0.25) is 0 Å². The van der Waals surface area contributed by atoms with Crippen LogP contribution in [0.2, 0.25) is 5.02 Å². The summed E-state index contributed by atoms with van der Waals surface area (Å²) < 4.78 is 51.0. The van der Waals surface area contributed by atoms with E-state index in [-0.39, 0.29) is 15.6 Å². The maximum absolute atomic E-state index is 13.0. The van der Waals surface area contributed by atoms with E-state index in [0.29, 0.717) is 11.3 Å². The van der Waals surface area contributed by atoms with Crippen LogP contribution < -0.4 is 0 Å². The summed E-state index contributed by atoms with van der Waals surface area (Å²) in [6, 6.07) is 3.22. The number of nitrogens with zero attached hydrogens (tertiary/aromatic N) is 1. The van der Waals surface area contributed by atoms with Crippen molar-refractivity contribution in [3.8, 4) is 10.6 Å². The van der Waals surface area contributed by atoms with E-state index in [9.17, 15) is 22.4 Å². The number of hydrogen-bond donors (Lipinski definition) is 1. The lowest BCUT2D eigenvalue weighted by atomic mass is 10.2. The summed E-state index contributed by atoms with van der Waals surface area (Å²) in [5.74, 6) is -2.46. The van der Waals surface area contributed by atoms with Crippen LogP contribution in [0.25, 0.3) is 10.6 Å². The number of alkyl halides is 3. The molecule has 0 bridgehead atoms. The first kappa shape index (κ1) is 14.7. The third-order valence-electron chi connectivity index (χ3n) is 2.26. The van der Waals surface area contributed by atoms with Gasteiger partial charge in [0.05, 0.1) is 5.02 Å². The minimum absolute atomic E-state index is 0.111. The predicted octanol–water partition coefficient (Wildman–Crippen LogP) is 4.32. The second-order valence-corrected chi connectivity index (χ2v) is 5.03. The molecule has 0 aliphatic carbocycles. The molecule has 0 unspecified atom stereocenters. The van der Waals surface area contributed by atoms with Crippen LogP contribution in [0.15, 0.2) is 18.2 Å². The van der Waals surface area contributed by atoms with Crippen LogP contribution in [0.5, 0.6) is 0 Å². The van der Waals surface area contributed by atoms with Crippen LogP contribution >= 0.6 is 22.9 Å². The van der Waals surface area contributed by atoms with Crippen LogP contribution in [0.3, 0.4) is 0 Å². The fourth-order valence-electron chi connectivity index (χ4n) is 1.41. The molecule has 0 saturated heterocycles. The number of halogens is 5. The van der Waals surface area contributed by atoms with Crippen LogP contribution in [-0.2, 0) is 6.18 Å². The largest absolute Gasteiger partial charge is 0.477 e. The minimum atomic E-state index is -4.88. The topological polar surface area (TPSA) is 50.2 Å². The van der Waals surface area contributed by atoms with Gasteiger partial charge in [-0.25, -0.2) is 14.2 Å². The molecule has 2 rings (SSSR count). The Hall–Kier alpha value is -1.67. The molecule has 9 heteroatoms. The normalized spacial score (nSPS) is 11.7. The van der Waals surface area contributed by atoms with Gasteiger partial charge in [0.25, 0.3) is 0 Å². The van der Waals surface area contributed by atoms with Crippen molar-refractivity contribution in [3.05, 3.63) is 39.6 Å². The van der Waals surface area contributed by atoms with Gasteiger partial charge in [0.15, 0.2) is 5.69 Å². The molecule has 0 saturated carbocycles. The van der Waals surface area contributed by atoms with Crippen molar-refractivity contribution in [2.45, 2.75) is 6.18 Å². The van der Waals surface area contributed by atoms with E-state index in [2.05, 4.69) is 4.98 Å². The lowest BCUT2D eigenvalue weighted by Gasteiger charge is -2.02. The molecule has 0 aliphatic heterocycles. The summed E-state index contributed by atoms with van der Waals surface area (Å²) in [7, 11) is 0. The van der Waals surface area contributed by atoms with Gasteiger partial charge in [-0.15, -0.1) is 11.3 Å². The molecule has 0 amide bonds. The van der Waals surface area contributed by atoms with Crippen molar-refractivity contribution in [2.24, 2.45) is 0 Å². The van der Waals surface area contributed by atoms with Gasteiger partial charge in [-0.2, -0.15) is 13.2 Å². The molecule has 1 aromatic carbocycles. The molecule has 1 heterocycles. The first-order chi connectivity index (χ1) is 9.20. The molecule has 0 radical (unpaired) electrons. The van der Waals surface area contributed by atoms with Crippen LogP contribution in [0.4, 0.5) is 17.6 Å². The lowest BCUT2D eigenvalue weighted by molar-refractivity contribution is -0.141. The Labute approximate surface area is 118 Å². The number of carboxylic acid groups (broad SMARTS) is 1. The van der Waals surface area contributed by atoms with Crippen molar-refractivity contribution in [1.82, 2.24) is 4.98 Å². The highest BCUT2D eigenvalue weighted by Gasteiger charge is 2.39. The molecule has 1 aromatic heterocycles. The first-order valence-electron chi connectivity index (χ1n) is 4.97. The number of rotatable bonds is 2. The Kier molecular flexibility index (Phi) is 3.70. The van der Waals surface area contributed by atoms with Crippen LogP contribution in [0, 0.1) is 5.82 Å². The highest BCUT2D eigenvalue weighted by atomic mass is 35.5. The van der Waals surface area contributed by atoms with Crippen molar-refractivity contribution in [1.29, 1.82) is 0 Å². The molecular formula is C11H4ClF4NO2S. The molecule has 0 atom stereocenters. The summed E-state index contributed by atoms with van der Waals surface area (Å²) in [4.78, 5) is 13.2. The highest BCUT2D eigenvalue weighted by molar-refractivity contribution is 7.17. The molecular weight excluding hydrogens is 322 g/mol. The Balaban J connectivity index is 2.58. The van der Waals surface area contributed by atoms with Crippen LogP contribution in [0.1, 0.15) is 15.4 Å². The average Bonchev–Trinajstić information content (AvgIpc) is 2.77. The fraction of sp³-hybridized carbons (Fsp3) is 0.0909. The Morgan fingerprint density at radius 2 is 2.00 bits per heavy atom. The molecule has 1 N–H and O–H groups in total. The number of thiazole rings is 1. The molecule has 0 fully saturated rings. The van der Waals surface area contributed by atoms with Gasteiger partial charge >= 0.3 is 12.1 Å². The van der Waals surface area contributed by atoms with Gasteiger partial charge < -0.3 is 5.11 Å². The minimum Gasteiger partial charge on any atom is -0.477 e. The van der Waals surface area contributed by atoms with E-state index in [1.807, 2.05) is 0 Å². The number of aromatic nitrogens is 1. The highest BCUT2D eigenvalue weighted by Crippen LogP contribution is 2.38. The zero-order valence-corrected chi connectivity index (χ0v) is 10.9. The third-order valence-corrected chi connectivity index (χ3v) is 3.64. The monoisotopic (exact) mass is 325 g/mol. The molecule has 106 valence electrons. The summed E-state index contributed by atoms with van der Waals surface area (Å²) >= 11 is 5.88. The number of carbonyl (C=O) groups is 1. The summed E-state index contributed by atoms with van der Waals surface area (Å²) in [6.45, 7) is 0. The van der Waals surface area contributed by atoms with Crippen molar-refractivity contribution in [2.75, 3.05) is 0 Å². The van der Waals surface area contributed by atoms with Crippen molar-refractivity contribution >= 4 is 28.9 Å². The molecule has 20 heavy (non-hydrogen) atoms. The quantitative estimate of drug-likeness (QED) is 0.837. The van der Waals surface area contributed by atoms with Gasteiger partial charge in [-0.1, -0.05) is 11.6 Å². The lowest BCUT2D eigenvalue weighted by Crippen LogP contribution is -2.11. The first-order valence-corrected chi connectivity index (χ1v) is 6.16. The van der Waals surface area contributed by atoms with Crippen LogP contribution in [-0.4, -0.2) is 16.1 Å². The number of aromatic carboxylic acids is 1. The second kappa shape index (κ2) is 5.02. The smallest absolute Gasteiger partial charge is 0.435 e. The second-order valence-electron chi connectivity index (χ2n) is 3.63. The summed E-state index contributed by atoms with van der Waals surface area (Å²) in [6.07, 6.45) is -4.88. The van der Waals surface area contributed by atoms with Gasteiger partial charge in [0.2, 0.25) is 0 Å². The van der Waals surface area contributed by atoms with Crippen molar-refractivity contribution in [3.63, 3.8) is 0 Å². The molecule has 2 aromatic rings. The van der Waals surface area contributed by atoms with E-state index in [4.69, 9.17) is 16.7 Å². The zero-order valence-electron chi connectivity index (χ0n) is 9.33. The number of carboxylic acids is 1. The van der Waals surface area contributed by atoms with Crippen molar-refractivity contribution < 1.29 is 27.5 Å². The maximum Gasteiger partial charge on any atom is 0.435 e. The Bertz CT molecular complexity index is 684. The molecule has 3 nitrogen and oxygen atoms in total. The Morgan fingerprint density at radius 1 is 1.35 bits per heavy atom. The fourth-order valence-corrected chi connectivity index (χ4v) is 2.51. The third kappa shape index (κ3) is 2.75. The summed E-state index contributed by atoms with van der Waals surface area (Å²) in [5.41, 5.74) is -1.37. The van der Waals surface area contributed by atoms with Gasteiger partial charge in [-0.05, 0) is 18.2 Å².